The van der Waals surface area contributed by atoms with Gasteiger partial charge in [0.25, 0.3) is 0 Å². The SMILES string of the molecule is CCCCC(CN1CCN(Cc2ccccc2)CC1)Oc1ccccc1. The molecule has 0 N–H and O–H groups in total. The summed E-state index contributed by atoms with van der Waals surface area (Å²) in [5.74, 6) is 0.997. The lowest BCUT2D eigenvalue weighted by molar-refractivity contribution is 0.0766. The first kappa shape index (κ1) is 18.9. The van der Waals surface area contributed by atoms with Crippen LogP contribution in [0.4, 0.5) is 0 Å². The number of para-hydroxylation sites is 1. The lowest BCUT2D eigenvalue weighted by Gasteiger charge is -2.36. The van der Waals surface area contributed by atoms with Crippen molar-refractivity contribution in [1.29, 1.82) is 0 Å². The first-order valence-electron chi connectivity index (χ1n) is 10.0. The highest BCUT2D eigenvalue weighted by Gasteiger charge is 2.21. The predicted molar refractivity (Wildman–Crippen MR) is 109 cm³/mol. The van der Waals surface area contributed by atoms with Crippen LogP contribution >= 0.6 is 0 Å². The van der Waals surface area contributed by atoms with Gasteiger partial charge in [0.05, 0.1) is 0 Å². The largest absolute Gasteiger partial charge is 0.489 e. The molecule has 2 aromatic rings. The fourth-order valence-corrected chi connectivity index (χ4v) is 3.57. The molecule has 0 saturated carbocycles. The molecule has 0 amide bonds. The highest BCUT2D eigenvalue weighted by molar-refractivity contribution is 5.21. The number of hydrogen-bond donors (Lipinski definition) is 0. The Balaban J connectivity index is 1.47. The molecule has 2 aromatic carbocycles. The van der Waals surface area contributed by atoms with Gasteiger partial charge in [0, 0.05) is 39.3 Å². The van der Waals surface area contributed by atoms with E-state index in [-0.39, 0.29) is 6.10 Å². The van der Waals surface area contributed by atoms with E-state index in [2.05, 4.69) is 71.3 Å². The van der Waals surface area contributed by atoms with Gasteiger partial charge in [-0.1, -0.05) is 61.9 Å². The predicted octanol–water partition coefficient (Wildman–Crippen LogP) is 4.44. The molecular weight excluding hydrogens is 320 g/mol. The molecule has 1 aliphatic heterocycles. The van der Waals surface area contributed by atoms with E-state index in [0.717, 1.165) is 51.4 Å². The molecule has 0 aromatic heterocycles. The van der Waals surface area contributed by atoms with E-state index >= 15 is 0 Å². The van der Waals surface area contributed by atoms with Gasteiger partial charge in [-0.15, -0.1) is 0 Å². The molecule has 1 atom stereocenters. The quantitative estimate of drug-likeness (QED) is 0.663. The highest BCUT2D eigenvalue weighted by Crippen LogP contribution is 2.16. The lowest BCUT2D eigenvalue weighted by atomic mass is 10.1. The van der Waals surface area contributed by atoms with E-state index in [1.165, 1.54) is 18.4 Å². The van der Waals surface area contributed by atoms with Crippen LogP contribution < -0.4 is 4.74 Å². The molecule has 0 radical (unpaired) electrons. The third-order valence-corrected chi connectivity index (χ3v) is 5.10. The Morgan fingerprint density at radius 3 is 2.12 bits per heavy atom. The van der Waals surface area contributed by atoms with Crippen molar-refractivity contribution in [2.24, 2.45) is 0 Å². The second kappa shape index (κ2) is 10.3. The number of benzene rings is 2. The third-order valence-electron chi connectivity index (χ3n) is 5.10. The monoisotopic (exact) mass is 352 g/mol. The number of unbranched alkanes of at least 4 members (excludes halogenated alkanes) is 1. The molecule has 0 bridgehead atoms. The van der Waals surface area contributed by atoms with E-state index < -0.39 is 0 Å². The van der Waals surface area contributed by atoms with Crippen LogP contribution in [0, 0.1) is 0 Å². The van der Waals surface area contributed by atoms with Crippen molar-refractivity contribution in [1.82, 2.24) is 9.80 Å². The maximum Gasteiger partial charge on any atom is 0.119 e. The van der Waals surface area contributed by atoms with Gasteiger partial charge in [-0.25, -0.2) is 0 Å². The highest BCUT2D eigenvalue weighted by atomic mass is 16.5. The fourth-order valence-electron chi connectivity index (χ4n) is 3.57. The van der Waals surface area contributed by atoms with Crippen LogP contribution in [-0.2, 0) is 6.54 Å². The van der Waals surface area contributed by atoms with E-state index in [1.54, 1.807) is 0 Å². The molecule has 1 aliphatic rings. The Bertz CT molecular complexity index is 609. The number of nitrogens with zero attached hydrogens (tertiary/aromatic N) is 2. The molecule has 3 nitrogen and oxygen atoms in total. The summed E-state index contributed by atoms with van der Waals surface area (Å²) in [7, 11) is 0. The maximum absolute atomic E-state index is 6.29. The Labute approximate surface area is 158 Å². The normalized spacial score (nSPS) is 17.1. The van der Waals surface area contributed by atoms with Gasteiger partial charge in [-0.3, -0.25) is 9.80 Å². The minimum absolute atomic E-state index is 0.290. The van der Waals surface area contributed by atoms with Crippen molar-refractivity contribution in [2.75, 3.05) is 32.7 Å². The molecule has 1 fully saturated rings. The molecule has 0 spiro atoms. The van der Waals surface area contributed by atoms with Crippen molar-refractivity contribution in [3.8, 4) is 5.75 Å². The van der Waals surface area contributed by atoms with Crippen molar-refractivity contribution < 1.29 is 4.74 Å². The first-order valence-corrected chi connectivity index (χ1v) is 10.0. The van der Waals surface area contributed by atoms with E-state index in [9.17, 15) is 0 Å². The second-order valence-corrected chi connectivity index (χ2v) is 7.26. The summed E-state index contributed by atoms with van der Waals surface area (Å²) in [6, 6.07) is 21.1. The Morgan fingerprint density at radius 1 is 0.846 bits per heavy atom. The third kappa shape index (κ3) is 6.15. The summed E-state index contributed by atoms with van der Waals surface area (Å²) < 4.78 is 6.29. The average Bonchev–Trinajstić information content (AvgIpc) is 2.69. The van der Waals surface area contributed by atoms with E-state index in [1.807, 2.05) is 6.07 Å². The van der Waals surface area contributed by atoms with E-state index in [4.69, 9.17) is 4.74 Å². The first-order chi connectivity index (χ1) is 12.8. The maximum atomic E-state index is 6.29. The molecule has 3 rings (SSSR count). The van der Waals surface area contributed by atoms with Crippen LogP contribution in [0.15, 0.2) is 60.7 Å². The smallest absolute Gasteiger partial charge is 0.119 e. The fraction of sp³-hybridized carbons (Fsp3) is 0.478. The van der Waals surface area contributed by atoms with Crippen LogP contribution in [-0.4, -0.2) is 48.6 Å². The standard InChI is InChI=1S/C23H32N2O/c1-2-3-12-23(26-22-13-8-5-9-14-22)20-25-17-15-24(16-18-25)19-21-10-6-4-7-11-21/h4-11,13-14,23H,2-3,12,15-20H2,1H3. The van der Waals surface area contributed by atoms with Gasteiger partial charge in [-0.2, -0.15) is 0 Å². The van der Waals surface area contributed by atoms with Crippen LogP contribution in [0.25, 0.3) is 0 Å². The molecular formula is C23H32N2O. The minimum Gasteiger partial charge on any atom is -0.489 e. The van der Waals surface area contributed by atoms with Gasteiger partial charge >= 0.3 is 0 Å². The molecule has 3 heteroatoms. The summed E-state index contributed by atoms with van der Waals surface area (Å²) in [5.41, 5.74) is 1.41. The molecule has 1 unspecified atom stereocenters. The summed E-state index contributed by atoms with van der Waals surface area (Å²) in [6.45, 7) is 8.90. The summed E-state index contributed by atoms with van der Waals surface area (Å²) in [4.78, 5) is 5.13. The van der Waals surface area contributed by atoms with Gasteiger partial charge in [-0.05, 0) is 30.5 Å². The van der Waals surface area contributed by atoms with E-state index in [0.29, 0.717) is 0 Å². The van der Waals surface area contributed by atoms with Gasteiger partial charge in [0.2, 0.25) is 0 Å². The molecule has 0 aliphatic carbocycles. The van der Waals surface area contributed by atoms with Crippen molar-refractivity contribution in [3.05, 3.63) is 66.2 Å². The van der Waals surface area contributed by atoms with Gasteiger partial charge in [0.1, 0.15) is 11.9 Å². The Kier molecular flexibility index (Phi) is 7.53. The van der Waals surface area contributed by atoms with Crippen LogP contribution in [0.3, 0.4) is 0 Å². The van der Waals surface area contributed by atoms with Crippen molar-refractivity contribution in [3.63, 3.8) is 0 Å². The lowest BCUT2D eigenvalue weighted by Crippen LogP contribution is -2.48. The number of rotatable bonds is 9. The number of hydrogen-bond acceptors (Lipinski definition) is 3. The van der Waals surface area contributed by atoms with Crippen LogP contribution in [0.5, 0.6) is 5.75 Å². The number of ether oxygens (including phenoxy) is 1. The molecule has 1 saturated heterocycles. The second-order valence-electron chi connectivity index (χ2n) is 7.26. The summed E-state index contributed by atoms with van der Waals surface area (Å²) in [5, 5.41) is 0. The minimum atomic E-state index is 0.290. The summed E-state index contributed by atoms with van der Waals surface area (Å²) in [6.07, 6.45) is 3.87. The molecule has 140 valence electrons. The molecule has 26 heavy (non-hydrogen) atoms. The number of piperazine rings is 1. The van der Waals surface area contributed by atoms with Crippen LogP contribution in [0.2, 0.25) is 0 Å². The average molecular weight is 353 g/mol. The van der Waals surface area contributed by atoms with Gasteiger partial charge in [0.15, 0.2) is 0 Å². The zero-order chi connectivity index (χ0) is 18.0. The zero-order valence-electron chi connectivity index (χ0n) is 16.0. The van der Waals surface area contributed by atoms with Crippen molar-refractivity contribution in [2.45, 2.75) is 38.8 Å². The van der Waals surface area contributed by atoms with Gasteiger partial charge < -0.3 is 4.74 Å². The zero-order valence-corrected chi connectivity index (χ0v) is 16.0. The summed E-state index contributed by atoms with van der Waals surface area (Å²) >= 11 is 0. The molecule has 1 heterocycles. The van der Waals surface area contributed by atoms with Crippen molar-refractivity contribution >= 4 is 0 Å². The Morgan fingerprint density at radius 2 is 1.46 bits per heavy atom. The topological polar surface area (TPSA) is 15.7 Å². The Hall–Kier alpha value is -1.84. The van der Waals surface area contributed by atoms with Crippen LogP contribution in [0.1, 0.15) is 31.7 Å².